The first-order valence-electron chi connectivity index (χ1n) is 7.57. The number of likely N-dealkylation sites (tertiary alicyclic amines) is 1. The normalized spacial score (nSPS) is 18.1. The third-order valence-electron chi connectivity index (χ3n) is 3.78. The lowest BCUT2D eigenvalue weighted by atomic mass is 10.2. The van der Waals surface area contributed by atoms with E-state index in [1.165, 1.54) is 25.9 Å². The van der Waals surface area contributed by atoms with Crippen LogP contribution in [0.2, 0.25) is 0 Å². The summed E-state index contributed by atoms with van der Waals surface area (Å²) in [7, 11) is 2.12. The molecule has 1 rings (SSSR count). The predicted molar refractivity (Wildman–Crippen MR) is 79.1 cm³/mol. The van der Waals surface area contributed by atoms with Crippen LogP contribution in [0.1, 0.15) is 32.6 Å². The number of nitrogens with two attached hydrogens (primary N) is 1. The van der Waals surface area contributed by atoms with Gasteiger partial charge >= 0.3 is 0 Å². The molecule has 0 radical (unpaired) electrons. The van der Waals surface area contributed by atoms with E-state index < -0.39 is 0 Å². The zero-order valence-corrected chi connectivity index (χ0v) is 12.5. The number of hydrogen-bond donors (Lipinski definition) is 2. The van der Waals surface area contributed by atoms with Gasteiger partial charge in [-0.25, -0.2) is 0 Å². The Labute approximate surface area is 117 Å². The number of nitrogens with one attached hydrogen (secondary N) is 1. The molecule has 5 heteroatoms. The van der Waals surface area contributed by atoms with Gasteiger partial charge in [-0.15, -0.1) is 0 Å². The number of carbonyl (C=O) groups is 1. The Hall–Kier alpha value is -0.650. The van der Waals surface area contributed by atoms with Gasteiger partial charge in [-0.3, -0.25) is 4.79 Å². The summed E-state index contributed by atoms with van der Waals surface area (Å²) in [6, 6.07) is -0.186. The maximum absolute atomic E-state index is 11.3. The molecule has 3 N–H and O–H groups in total. The highest BCUT2D eigenvalue weighted by atomic mass is 16.1. The molecule has 1 fully saturated rings. The van der Waals surface area contributed by atoms with E-state index in [-0.39, 0.29) is 11.9 Å². The van der Waals surface area contributed by atoms with Crippen LogP contribution in [-0.4, -0.2) is 68.1 Å². The SMILES string of the molecule is CCCNC(CCN(C)CCN1CCCC1)C(N)=O. The van der Waals surface area contributed by atoms with Crippen LogP contribution in [0.15, 0.2) is 0 Å². The highest BCUT2D eigenvalue weighted by Crippen LogP contribution is 2.06. The van der Waals surface area contributed by atoms with Crippen molar-refractivity contribution in [2.75, 3.05) is 46.3 Å². The van der Waals surface area contributed by atoms with Crippen molar-refractivity contribution < 1.29 is 4.79 Å². The number of primary amides is 1. The summed E-state index contributed by atoms with van der Waals surface area (Å²) >= 11 is 0. The second kappa shape index (κ2) is 9.28. The predicted octanol–water partition coefficient (Wildman–Crippen LogP) is 0.258. The fourth-order valence-electron chi connectivity index (χ4n) is 2.44. The van der Waals surface area contributed by atoms with Crippen LogP contribution in [0.25, 0.3) is 0 Å². The van der Waals surface area contributed by atoms with E-state index in [9.17, 15) is 4.79 Å². The number of hydrogen-bond acceptors (Lipinski definition) is 4. The van der Waals surface area contributed by atoms with E-state index in [0.29, 0.717) is 0 Å². The van der Waals surface area contributed by atoms with Crippen LogP contribution in [0, 0.1) is 0 Å². The molecule has 1 aliphatic heterocycles. The molecule has 1 heterocycles. The molecule has 0 aromatic carbocycles. The third-order valence-corrected chi connectivity index (χ3v) is 3.78. The standard InChI is InChI=1S/C14H30N4O/c1-3-7-16-13(14(15)19)6-10-17(2)11-12-18-8-4-5-9-18/h13,16H,3-12H2,1-2H3,(H2,15,19). The van der Waals surface area contributed by atoms with Gasteiger partial charge in [0.25, 0.3) is 0 Å². The molecule has 112 valence electrons. The quantitative estimate of drug-likeness (QED) is 0.598. The Morgan fingerprint density at radius 1 is 1.37 bits per heavy atom. The molecule has 1 aliphatic rings. The molecule has 0 aromatic rings. The van der Waals surface area contributed by atoms with Crippen molar-refractivity contribution in [3.63, 3.8) is 0 Å². The van der Waals surface area contributed by atoms with Crippen LogP contribution in [0.3, 0.4) is 0 Å². The maximum atomic E-state index is 11.3. The number of rotatable bonds is 10. The van der Waals surface area contributed by atoms with Crippen molar-refractivity contribution in [2.24, 2.45) is 5.73 Å². The van der Waals surface area contributed by atoms with Gasteiger partial charge in [0.2, 0.25) is 5.91 Å². The summed E-state index contributed by atoms with van der Waals surface area (Å²) in [6.07, 6.45) is 4.50. The number of nitrogens with zero attached hydrogens (tertiary/aromatic N) is 2. The largest absolute Gasteiger partial charge is 0.368 e. The number of carbonyl (C=O) groups excluding carboxylic acids is 1. The fraction of sp³-hybridized carbons (Fsp3) is 0.929. The first-order valence-corrected chi connectivity index (χ1v) is 7.57. The van der Waals surface area contributed by atoms with Gasteiger partial charge in [-0.1, -0.05) is 6.92 Å². The molecule has 5 nitrogen and oxygen atoms in total. The van der Waals surface area contributed by atoms with Crippen LogP contribution < -0.4 is 11.1 Å². The Balaban J connectivity index is 2.15. The summed E-state index contributed by atoms with van der Waals surface area (Å²) in [5, 5.41) is 3.21. The zero-order chi connectivity index (χ0) is 14.1. The van der Waals surface area contributed by atoms with Crippen molar-refractivity contribution in [3.8, 4) is 0 Å². The molecule has 0 bridgehead atoms. The minimum Gasteiger partial charge on any atom is -0.368 e. The van der Waals surface area contributed by atoms with Crippen molar-refractivity contribution in [2.45, 2.75) is 38.6 Å². The minimum atomic E-state index is -0.235. The van der Waals surface area contributed by atoms with E-state index in [1.807, 2.05) is 0 Å². The summed E-state index contributed by atoms with van der Waals surface area (Å²) in [4.78, 5) is 16.1. The Morgan fingerprint density at radius 2 is 2.05 bits per heavy atom. The van der Waals surface area contributed by atoms with Crippen LogP contribution in [-0.2, 0) is 4.79 Å². The van der Waals surface area contributed by atoms with Crippen molar-refractivity contribution in [1.82, 2.24) is 15.1 Å². The van der Waals surface area contributed by atoms with Gasteiger partial charge in [0.15, 0.2) is 0 Å². The Bertz CT molecular complexity index is 254. The maximum Gasteiger partial charge on any atom is 0.234 e. The van der Waals surface area contributed by atoms with Crippen molar-refractivity contribution >= 4 is 5.91 Å². The van der Waals surface area contributed by atoms with E-state index in [2.05, 4.69) is 29.1 Å². The van der Waals surface area contributed by atoms with Gasteiger partial charge in [-0.05, 0) is 58.9 Å². The summed E-state index contributed by atoms with van der Waals surface area (Å²) in [5.74, 6) is -0.235. The van der Waals surface area contributed by atoms with E-state index >= 15 is 0 Å². The summed E-state index contributed by atoms with van der Waals surface area (Å²) in [6.45, 7) is 8.56. The van der Waals surface area contributed by atoms with Gasteiger partial charge in [0, 0.05) is 13.1 Å². The highest BCUT2D eigenvalue weighted by molar-refractivity contribution is 5.79. The van der Waals surface area contributed by atoms with E-state index in [1.54, 1.807) is 0 Å². The van der Waals surface area contributed by atoms with Gasteiger partial charge in [0.1, 0.15) is 0 Å². The van der Waals surface area contributed by atoms with E-state index in [4.69, 9.17) is 5.73 Å². The second-order valence-corrected chi connectivity index (χ2v) is 5.55. The first-order chi connectivity index (χ1) is 9.13. The van der Waals surface area contributed by atoms with Gasteiger partial charge in [-0.2, -0.15) is 0 Å². The second-order valence-electron chi connectivity index (χ2n) is 5.55. The zero-order valence-electron chi connectivity index (χ0n) is 12.5. The van der Waals surface area contributed by atoms with E-state index in [0.717, 1.165) is 39.0 Å². The minimum absolute atomic E-state index is 0.186. The Kier molecular flexibility index (Phi) is 8.02. The Morgan fingerprint density at radius 3 is 2.63 bits per heavy atom. The molecular formula is C14H30N4O. The third kappa shape index (κ3) is 6.89. The molecule has 1 amide bonds. The molecule has 0 saturated carbocycles. The van der Waals surface area contributed by atoms with Crippen LogP contribution in [0.4, 0.5) is 0 Å². The molecule has 19 heavy (non-hydrogen) atoms. The number of amides is 1. The summed E-state index contributed by atoms with van der Waals surface area (Å²) in [5.41, 5.74) is 5.41. The highest BCUT2D eigenvalue weighted by Gasteiger charge is 2.16. The molecule has 1 saturated heterocycles. The lowest BCUT2D eigenvalue weighted by Gasteiger charge is -2.23. The van der Waals surface area contributed by atoms with Crippen LogP contribution >= 0.6 is 0 Å². The molecular weight excluding hydrogens is 240 g/mol. The summed E-state index contributed by atoms with van der Waals surface area (Å²) < 4.78 is 0. The van der Waals surface area contributed by atoms with Gasteiger partial charge < -0.3 is 20.9 Å². The average Bonchev–Trinajstić information content (AvgIpc) is 2.89. The smallest absolute Gasteiger partial charge is 0.234 e. The topological polar surface area (TPSA) is 61.6 Å². The first kappa shape index (κ1) is 16.4. The molecule has 0 aliphatic carbocycles. The van der Waals surface area contributed by atoms with Crippen LogP contribution in [0.5, 0.6) is 0 Å². The average molecular weight is 270 g/mol. The fourth-order valence-corrected chi connectivity index (χ4v) is 2.44. The lowest BCUT2D eigenvalue weighted by Crippen LogP contribution is -2.44. The molecule has 0 aromatic heterocycles. The van der Waals surface area contributed by atoms with Crippen molar-refractivity contribution in [1.29, 1.82) is 0 Å². The van der Waals surface area contributed by atoms with Gasteiger partial charge in [0.05, 0.1) is 6.04 Å². The molecule has 1 atom stereocenters. The lowest BCUT2D eigenvalue weighted by molar-refractivity contribution is -0.120. The molecule has 1 unspecified atom stereocenters. The number of likely N-dealkylation sites (N-methyl/N-ethyl adjacent to an activating group) is 1. The van der Waals surface area contributed by atoms with Crippen molar-refractivity contribution in [3.05, 3.63) is 0 Å². The molecule has 0 spiro atoms. The monoisotopic (exact) mass is 270 g/mol.